The molecule has 0 aliphatic heterocycles. The molecule has 3 aromatic carbocycles. The molecule has 0 bridgehead atoms. The first-order chi connectivity index (χ1) is 25.8. The van der Waals surface area contributed by atoms with Crippen molar-refractivity contribution in [3.8, 4) is 28.4 Å². The van der Waals surface area contributed by atoms with E-state index in [1.165, 1.54) is 7.11 Å². The maximum Gasteiger partial charge on any atom is 0.412 e. The van der Waals surface area contributed by atoms with Crippen molar-refractivity contribution in [2.75, 3.05) is 19.5 Å². The third-order valence-corrected chi connectivity index (χ3v) is 9.47. The Bertz CT molecular complexity index is 2200. The third kappa shape index (κ3) is 9.68. The Kier molecular flexibility index (Phi) is 12.0. The summed E-state index contributed by atoms with van der Waals surface area (Å²) < 4.78 is 26.3. The Balaban J connectivity index is 1.51. The lowest BCUT2D eigenvalue weighted by molar-refractivity contribution is -0.166. The topological polar surface area (TPSA) is 123 Å². The predicted molar refractivity (Wildman–Crippen MR) is 218 cm³/mol. The van der Waals surface area contributed by atoms with Gasteiger partial charge in [-0.05, 0) is 104 Å². The maximum absolute atomic E-state index is 12.8. The lowest BCUT2D eigenvalue weighted by Gasteiger charge is -2.28. The van der Waals surface area contributed by atoms with E-state index in [4.69, 9.17) is 23.9 Å². The van der Waals surface area contributed by atoms with E-state index >= 15 is 0 Å². The number of carbonyl (C=O) groups is 3. The summed E-state index contributed by atoms with van der Waals surface area (Å²) in [5, 5.41) is 3.97. The molecule has 0 saturated heterocycles. The molecule has 5 rings (SSSR count). The average Bonchev–Trinajstić information content (AvgIpc) is 3.63. The number of carbonyl (C=O) groups excluding carboxylic acids is 3. The van der Waals surface area contributed by atoms with Crippen LogP contribution in [-0.4, -0.2) is 57.6 Å². The highest BCUT2D eigenvalue weighted by Gasteiger charge is 2.32. The van der Waals surface area contributed by atoms with Crippen molar-refractivity contribution in [1.29, 1.82) is 0 Å². The van der Waals surface area contributed by atoms with E-state index in [2.05, 4.69) is 34.1 Å². The Labute approximate surface area is 324 Å². The number of benzene rings is 3. The molecule has 5 aromatic rings. The molecule has 55 heavy (non-hydrogen) atoms. The molecule has 0 aliphatic carbocycles. The van der Waals surface area contributed by atoms with Crippen molar-refractivity contribution in [2.45, 2.75) is 105 Å². The third-order valence-electron chi connectivity index (χ3n) is 9.47. The van der Waals surface area contributed by atoms with Crippen LogP contribution < -0.4 is 10.1 Å². The van der Waals surface area contributed by atoms with Crippen LogP contribution >= 0.6 is 0 Å². The van der Waals surface area contributed by atoms with Crippen LogP contribution in [0, 0.1) is 5.41 Å². The van der Waals surface area contributed by atoms with E-state index in [-0.39, 0.29) is 5.97 Å². The molecule has 0 aliphatic rings. The van der Waals surface area contributed by atoms with E-state index in [0.717, 1.165) is 71.2 Å². The van der Waals surface area contributed by atoms with Crippen LogP contribution in [0.1, 0.15) is 97.9 Å². The lowest BCUT2D eigenvalue weighted by atomic mass is 9.86. The highest BCUT2D eigenvalue weighted by Crippen LogP contribution is 2.37. The average molecular weight is 753 g/mol. The fourth-order valence-corrected chi connectivity index (χ4v) is 6.75. The van der Waals surface area contributed by atoms with Crippen molar-refractivity contribution in [2.24, 2.45) is 12.5 Å². The first-order valence-corrected chi connectivity index (χ1v) is 18.9. The molecule has 1 amide bonds. The number of hydrogen-bond acceptors (Lipinski definition) is 8. The van der Waals surface area contributed by atoms with Crippen LogP contribution in [0.2, 0.25) is 0 Å². The summed E-state index contributed by atoms with van der Waals surface area (Å²) in [6.45, 7) is 15.8. The zero-order valence-electron chi connectivity index (χ0n) is 34.2. The zero-order chi connectivity index (χ0) is 40.3. The molecule has 0 saturated carbocycles. The van der Waals surface area contributed by atoms with Gasteiger partial charge in [-0.15, -0.1) is 0 Å². The van der Waals surface area contributed by atoms with Crippen molar-refractivity contribution in [3.63, 3.8) is 0 Å². The second-order valence-corrected chi connectivity index (χ2v) is 16.7. The van der Waals surface area contributed by atoms with E-state index in [1.54, 1.807) is 19.2 Å². The maximum atomic E-state index is 12.8. The number of unbranched alkanes of at least 4 members (excludes halogenated alkanes) is 3. The minimum atomic E-state index is -0.635. The molecule has 0 spiro atoms. The minimum Gasteiger partial charge on any atom is -0.494 e. The number of ether oxygens (including phenoxy) is 4. The van der Waals surface area contributed by atoms with E-state index < -0.39 is 28.7 Å². The largest absolute Gasteiger partial charge is 0.494 e. The van der Waals surface area contributed by atoms with Crippen LogP contribution in [-0.2, 0) is 32.6 Å². The number of aryl methyl sites for hydroxylation is 2. The quantitative estimate of drug-likeness (QED) is 0.0716. The van der Waals surface area contributed by atoms with Crippen LogP contribution in [0.25, 0.3) is 44.6 Å². The number of nitrogens with one attached hydrogen (secondary N) is 1. The fourth-order valence-electron chi connectivity index (χ4n) is 6.75. The molecule has 2 heterocycles. The summed E-state index contributed by atoms with van der Waals surface area (Å²) in [7, 11) is 4.87. The SMILES string of the molecule is COC(=O)c1cc(OC)c2c(c1)nc(-c1cc3ccc(-c4ccccc4NC(=O)OC(C)(C)C)cc3n1CCCCCCC(C)(C)C(=O)OC(C)(C)C)n2C. The highest BCUT2D eigenvalue weighted by atomic mass is 16.6. The standard InChI is InChI=1S/C44H56N4O7/c1-42(2,3)54-40(50)44(7,8)22-16-12-13-17-23-48-34-25-28(31-18-14-15-19-32(31)46-41(51)55-43(4,5)6)20-21-29(34)26-35(48)38-45-33-24-30(39(49)53-11)27-36(52-10)37(33)47(38)9/h14-15,18-21,24-27H,12-13,16-17,22-23H2,1-11H3,(H,46,51). The molecular weight excluding hydrogens is 697 g/mol. The Morgan fingerprint density at radius 1 is 0.800 bits per heavy atom. The summed E-state index contributed by atoms with van der Waals surface area (Å²) in [6.07, 6.45) is 3.96. The molecule has 11 heteroatoms. The molecule has 294 valence electrons. The van der Waals surface area contributed by atoms with Gasteiger partial charge in [-0.2, -0.15) is 0 Å². The molecule has 2 aromatic heterocycles. The number of imidazole rings is 1. The number of anilines is 1. The second kappa shape index (κ2) is 16.2. The van der Waals surface area contributed by atoms with Crippen molar-refractivity contribution in [3.05, 3.63) is 66.2 Å². The van der Waals surface area contributed by atoms with E-state index in [0.29, 0.717) is 29.1 Å². The summed E-state index contributed by atoms with van der Waals surface area (Å²) in [6, 6.07) is 19.5. The smallest absolute Gasteiger partial charge is 0.412 e. The molecule has 0 radical (unpaired) electrons. The van der Waals surface area contributed by atoms with Gasteiger partial charge in [0, 0.05) is 30.1 Å². The summed E-state index contributed by atoms with van der Waals surface area (Å²) >= 11 is 0. The van der Waals surface area contributed by atoms with Crippen LogP contribution in [0.5, 0.6) is 5.75 Å². The number of amides is 1. The fraction of sp³-hybridized carbons (Fsp3) is 0.455. The normalized spacial score (nSPS) is 12.2. The molecular formula is C44H56N4O7. The number of esters is 2. The number of para-hydroxylation sites is 1. The molecule has 0 atom stereocenters. The van der Waals surface area contributed by atoms with Gasteiger partial charge in [0.25, 0.3) is 0 Å². The Morgan fingerprint density at radius 2 is 1.49 bits per heavy atom. The lowest BCUT2D eigenvalue weighted by Crippen LogP contribution is -2.33. The number of rotatable bonds is 13. The highest BCUT2D eigenvalue weighted by molar-refractivity contribution is 5.98. The summed E-state index contributed by atoms with van der Waals surface area (Å²) in [4.78, 5) is 43.2. The van der Waals surface area contributed by atoms with Crippen LogP contribution in [0.4, 0.5) is 10.5 Å². The van der Waals surface area contributed by atoms with Gasteiger partial charge in [-0.25, -0.2) is 14.6 Å². The Morgan fingerprint density at radius 3 is 2.16 bits per heavy atom. The van der Waals surface area contributed by atoms with Gasteiger partial charge in [-0.1, -0.05) is 49.6 Å². The van der Waals surface area contributed by atoms with E-state index in [1.807, 2.05) is 91.3 Å². The van der Waals surface area contributed by atoms with Gasteiger partial charge in [0.15, 0.2) is 5.82 Å². The molecule has 0 unspecified atom stereocenters. The monoisotopic (exact) mass is 752 g/mol. The van der Waals surface area contributed by atoms with Gasteiger partial charge < -0.3 is 28.1 Å². The Hall–Kier alpha value is -5.32. The first kappa shape index (κ1) is 40.9. The van der Waals surface area contributed by atoms with E-state index in [9.17, 15) is 14.4 Å². The van der Waals surface area contributed by atoms with Gasteiger partial charge >= 0.3 is 18.0 Å². The minimum absolute atomic E-state index is 0.167. The second-order valence-electron chi connectivity index (χ2n) is 16.7. The van der Waals surface area contributed by atoms with Gasteiger partial charge in [0.05, 0.1) is 42.1 Å². The summed E-state index contributed by atoms with van der Waals surface area (Å²) in [5.41, 5.74) is 4.39. The summed E-state index contributed by atoms with van der Waals surface area (Å²) in [5.74, 6) is 0.608. The zero-order valence-corrected chi connectivity index (χ0v) is 34.2. The van der Waals surface area contributed by atoms with Gasteiger partial charge in [0.1, 0.15) is 22.5 Å². The van der Waals surface area contributed by atoms with Gasteiger partial charge in [0.2, 0.25) is 0 Å². The molecule has 11 nitrogen and oxygen atoms in total. The molecule has 0 fully saturated rings. The number of nitrogens with zero attached hydrogens (tertiary/aromatic N) is 3. The van der Waals surface area contributed by atoms with Crippen LogP contribution in [0.3, 0.4) is 0 Å². The van der Waals surface area contributed by atoms with Crippen LogP contribution in [0.15, 0.2) is 60.7 Å². The van der Waals surface area contributed by atoms with Crippen molar-refractivity contribution < 1.29 is 33.3 Å². The first-order valence-electron chi connectivity index (χ1n) is 18.9. The van der Waals surface area contributed by atoms with Crippen molar-refractivity contribution in [1.82, 2.24) is 14.1 Å². The number of aromatic nitrogens is 3. The van der Waals surface area contributed by atoms with Gasteiger partial charge in [-0.3, -0.25) is 10.1 Å². The number of methoxy groups -OCH3 is 2. The number of fused-ring (bicyclic) bond motifs is 2. The molecule has 1 N–H and O–H groups in total. The number of hydrogen-bond donors (Lipinski definition) is 1. The predicted octanol–water partition coefficient (Wildman–Crippen LogP) is 10.3. The van der Waals surface area contributed by atoms with Crippen molar-refractivity contribution >= 4 is 45.7 Å².